The Balaban J connectivity index is 1.45. The first-order chi connectivity index (χ1) is 13.3. The number of carbonyl (C=O) groups excluding carboxylic acids is 1. The molecule has 5 heteroatoms. The lowest BCUT2D eigenvalue weighted by Crippen LogP contribution is -2.22. The van der Waals surface area contributed by atoms with Crippen molar-refractivity contribution in [1.82, 2.24) is 14.9 Å². The highest BCUT2D eigenvalue weighted by Crippen LogP contribution is 2.14. The highest BCUT2D eigenvalue weighted by atomic mass is 16.1. The van der Waals surface area contributed by atoms with Crippen LogP contribution in [0.1, 0.15) is 43.2 Å². The number of carbonyl (C=O) groups is 1. The molecule has 5 nitrogen and oxygen atoms in total. The summed E-state index contributed by atoms with van der Waals surface area (Å²) in [6, 6.07) is 16.5. The predicted molar refractivity (Wildman–Crippen MR) is 109 cm³/mol. The molecule has 1 amide bonds. The SMILES string of the molecule is NCCCCCCC(=O)NCc1ccc(Cn2cnc3ccccc32)cc1. The number of nitrogens with one attached hydrogen (secondary N) is 1. The van der Waals surface area contributed by atoms with Crippen LogP contribution < -0.4 is 11.1 Å². The van der Waals surface area contributed by atoms with Gasteiger partial charge in [0.2, 0.25) is 5.91 Å². The van der Waals surface area contributed by atoms with E-state index in [2.05, 4.69) is 45.2 Å². The molecule has 0 bridgehead atoms. The second kappa shape index (κ2) is 9.88. The maximum absolute atomic E-state index is 11.9. The molecule has 0 unspecified atom stereocenters. The highest BCUT2D eigenvalue weighted by molar-refractivity contribution is 5.76. The maximum atomic E-state index is 11.9. The Morgan fingerprint density at radius 1 is 0.963 bits per heavy atom. The van der Waals surface area contributed by atoms with Crippen LogP contribution in [-0.4, -0.2) is 22.0 Å². The Hall–Kier alpha value is -2.66. The number of aromatic nitrogens is 2. The zero-order chi connectivity index (χ0) is 18.9. The minimum Gasteiger partial charge on any atom is -0.352 e. The number of nitrogens with two attached hydrogens (primary N) is 1. The lowest BCUT2D eigenvalue weighted by molar-refractivity contribution is -0.121. The first-order valence-corrected chi connectivity index (χ1v) is 9.71. The molecular weight excluding hydrogens is 336 g/mol. The summed E-state index contributed by atoms with van der Waals surface area (Å²) in [6.45, 7) is 2.10. The lowest BCUT2D eigenvalue weighted by atomic mass is 10.1. The topological polar surface area (TPSA) is 72.9 Å². The van der Waals surface area contributed by atoms with Gasteiger partial charge in [0.25, 0.3) is 0 Å². The van der Waals surface area contributed by atoms with Crippen LogP contribution in [0, 0.1) is 0 Å². The Bertz CT molecular complexity index is 854. The van der Waals surface area contributed by atoms with Gasteiger partial charge in [-0.1, -0.05) is 49.2 Å². The summed E-state index contributed by atoms with van der Waals surface area (Å²) in [6.07, 6.45) is 6.63. The number of unbranched alkanes of at least 4 members (excludes halogenated alkanes) is 3. The third-order valence-electron chi connectivity index (χ3n) is 4.75. The number of amides is 1. The molecule has 0 spiro atoms. The van der Waals surface area contributed by atoms with Gasteiger partial charge in [0.05, 0.1) is 17.4 Å². The molecule has 0 atom stereocenters. The van der Waals surface area contributed by atoms with Crippen molar-refractivity contribution in [3.05, 3.63) is 66.0 Å². The van der Waals surface area contributed by atoms with Gasteiger partial charge in [-0.3, -0.25) is 4.79 Å². The molecule has 3 aromatic rings. The first-order valence-electron chi connectivity index (χ1n) is 9.71. The van der Waals surface area contributed by atoms with Gasteiger partial charge in [-0.05, 0) is 42.6 Å². The summed E-state index contributed by atoms with van der Waals surface area (Å²) in [5.74, 6) is 0.122. The van der Waals surface area contributed by atoms with Crippen LogP contribution in [0.15, 0.2) is 54.9 Å². The number of benzene rings is 2. The molecule has 2 aromatic carbocycles. The normalized spacial score (nSPS) is 11.0. The van der Waals surface area contributed by atoms with Crippen molar-refractivity contribution in [3.8, 4) is 0 Å². The molecule has 0 aliphatic heterocycles. The van der Waals surface area contributed by atoms with Crippen LogP contribution in [0.2, 0.25) is 0 Å². The number of rotatable bonds is 10. The zero-order valence-electron chi connectivity index (χ0n) is 15.7. The molecule has 0 aliphatic rings. The van der Waals surface area contributed by atoms with Crippen molar-refractivity contribution < 1.29 is 4.79 Å². The fourth-order valence-corrected chi connectivity index (χ4v) is 3.17. The van der Waals surface area contributed by atoms with Gasteiger partial charge in [-0.15, -0.1) is 0 Å². The number of hydrogen-bond donors (Lipinski definition) is 2. The molecule has 3 N–H and O–H groups in total. The first kappa shape index (κ1) is 19.1. The van der Waals surface area contributed by atoms with Crippen molar-refractivity contribution >= 4 is 16.9 Å². The van der Waals surface area contributed by atoms with E-state index in [1.165, 1.54) is 5.56 Å². The smallest absolute Gasteiger partial charge is 0.220 e. The number of para-hydroxylation sites is 2. The monoisotopic (exact) mass is 364 g/mol. The average Bonchev–Trinajstić information content (AvgIpc) is 3.10. The van der Waals surface area contributed by atoms with E-state index < -0.39 is 0 Å². The standard InChI is InChI=1S/C22H28N4O/c23-14-6-2-1-3-9-22(27)24-15-18-10-12-19(13-11-18)16-26-17-25-20-7-4-5-8-21(20)26/h4-5,7-8,10-13,17H,1-3,6,9,14-16,23H2,(H,24,27). The van der Waals surface area contributed by atoms with Gasteiger partial charge in [0, 0.05) is 19.5 Å². The number of hydrogen-bond acceptors (Lipinski definition) is 3. The lowest BCUT2D eigenvalue weighted by Gasteiger charge is -2.08. The Labute approximate surface area is 160 Å². The zero-order valence-corrected chi connectivity index (χ0v) is 15.7. The van der Waals surface area contributed by atoms with E-state index in [1.807, 2.05) is 24.5 Å². The Morgan fingerprint density at radius 2 is 1.70 bits per heavy atom. The molecule has 1 heterocycles. The molecule has 0 radical (unpaired) electrons. The summed E-state index contributed by atoms with van der Waals surface area (Å²) < 4.78 is 2.15. The molecule has 1 aromatic heterocycles. The van der Waals surface area contributed by atoms with Gasteiger partial charge in [-0.25, -0.2) is 4.98 Å². The Kier molecular flexibility index (Phi) is 6.99. The Morgan fingerprint density at radius 3 is 2.52 bits per heavy atom. The van der Waals surface area contributed by atoms with Crippen LogP contribution in [-0.2, 0) is 17.9 Å². The molecule has 0 fully saturated rings. The number of nitrogens with zero attached hydrogens (tertiary/aromatic N) is 2. The fraction of sp³-hybridized carbons (Fsp3) is 0.364. The quantitative estimate of drug-likeness (QED) is 0.540. The summed E-state index contributed by atoms with van der Waals surface area (Å²) in [5.41, 5.74) is 9.96. The second-order valence-electron chi connectivity index (χ2n) is 6.91. The van der Waals surface area contributed by atoms with Crippen LogP contribution in [0.25, 0.3) is 11.0 Å². The summed E-state index contributed by atoms with van der Waals surface area (Å²) >= 11 is 0. The van der Waals surface area contributed by atoms with E-state index in [4.69, 9.17) is 5.73 Å². The fourth-order valence-electron chi connectivity index (χ4n) is 3.17. The third-order valence-corrected chi connectivity index (χ3v) is 4.75. The molecule has 0 aliphatic carbocycles. The largest absolute Gasteiger partial charge is 0.352 e. The average molecular weight is 364 g/mol. The second-order valence-corrected chi connectivity index (χ2v) is 6.91. The predicted octanol–water partition coefficient (Wildman–Crippen LogP) is 3.61. The van der Waals surface area contributed by atoms with E-state index in [-0.39, 0.29) is 5.91 Å². The molecule has 0 saturated carbocycles. The molecule has 3 rings (SSSR count). The van der Waals surface area contributed by atoms with Gasteiger partial charge < -0.3 is 15.6 Å². The van der Waals surface area contributed by atoms with Crippen LogP contribution in [0.3, 0.4) is 0 Å². The third kappa shape index (κ3) is 5.66. The molecule has 0 saturated heterocycles. The number of imidazole rings is 1. The molecule has 142 valence electrons. The van der Waals surface area contributed by atoms with Crippen LogP contribution in [0.4, 0.5) is 0 Å². The minimum atomic E-state index is 0.122. The van der Waals surface area contributed by atoms with E-state index in [9.17, 15) is 4.79 Å². The van der Waals surface area contributed by atoms with Crippen molar-refractivity contribution in [3.63, 3.8) is 0 Å². The van der Waals surface area contributed by atoms with Gasteiger partial charge >= 0.3 is 0 Å². The van der Waals surface area contributed by atoms with Crippen LogP contribution >= 0.6 is 0 Å². The van der Waals surface area contributed by atoms with E-state index in [0.29, 0.717) is 13.0 Å². The molecule has 27 heavy (non-hydrogen) atoms. The number of fused-ring (bicyclic) bond motifs is 1. The highest BCUT2D eigenvalue weighted by Gasteiger charge is 2.04. The van der Waals surface area contributed by atoms with E-state index in [0.717, 1.165) is 55.4 Å². The minimum absolute atomic E-state index is 0.122. The molecular formula is C22H28N4O. The van der Waals surface area contributed by atoms with Crippen molar-refractivity contribution in [1.29, 1.82) is 0 Å². The summed E-state index contributed by atoms with van der Waals surface area (Å²) in [4.78, 5) is 16.3. The van der Waals surface area contributed by atoms with Crippen molar-refractivity contribution in [2.24, 2.45) is 5.73 Å². The summed E-state index contributed by atoms with van der Waals surface area (Å²) in [7, 11) is 0. The summed E-state index contributed by atoms with van der Waals surface area (Å²) in [5, 5.41) is 3.00. The van der Waals surface area contributed by atoms with Gasteiger partial charge in [-0.2, -0.15) is 0 Å². The van der Waals surface area contributed by atoms with Crippen molar-refractivity contribution in [2.75, 3.05) is 6.54 Å². The van der Waals surface area contributed by atoms with Gasteiger partial charge in [0.1, 0.15) is 0 Å². The van der Waals surface area contributed by atoms with Gasteiger partial charge in [0.15, 0.2) is 0 Å². The van der Waals surface area contributed by atoms with Crippen LogP contribution in [0.5, 0.6) is 0 Å². The van der Waals surface area contributed by atoms with E-state index in [1.54, 1.807) is 0 Å². The van der Waals surface area contributed by atoms with Crippen molar-refractivity contribution in [2.45, 2.75) is 45.2 Å². The van der Waals surface area contributed by atoms with E-state index >= 15 is 0 Å². The maximum Gasteiger partial charge on any atom is 0.220 e.